The molecule has 0 aromatic rings. The highest BCUT2D eigenvalue weighted by Crippen LogP contribution is 1.74. The molecule has 0 heterocycles. The molecule has 0 aliphatic heterocycles. The summed E-state index contributed by atoms with van der Waals surface area (Å²) in [7, 11) is 0. The highest BCUT2D eigenvalue weighted by molar-refractivity contribution is 7.77. The molecule has 0 radical (unpaired) electrons. The molecule has 0 aromatic heterocycles. The van der Waals surface area contributed by atoms with Gasteiger partial charge in [-0.2, -0.15) is 0 Å². The first-order valence-corrected chi connectivity index (χ1v) is 3.10. The van der Waals surface area contributed by atoms with Crippen molar-refractivity contribution in [1.29, 1.82) is 0 Å². The van der Waals surface area contributed by atoms with Gasteiger partial charge in [0.1, 0.15) is 0 Å². The molecule has 0 aliphatic carbocycles. The molecule has 4 heteroatoms. The largest absolute Gasteiger partial charge is 0.294 e. The maximum atomic E-state index is 9.81. The molecule has 0 bridgehead atoms. The Kier molecular flexibility index (Phi) is 3.15. The van der Waals surface area contributed by atoms with Crippen LogP contribution in [0.5, 0.6) is 0 Å². The van der Waals surface area contributed by atoms with Crippen LogP contribution in [0.2, 0.25) is 0 Å². The van der Waals surface area contributed by atoms with Gasteiger partial charge in [-0.1, -0.05) is 0 Å². The first-order valence-electron chi connectivity index (χ1n) is 2.00. The summed E-state index contributed by atoms with van der Waals surface area (Å²) in [5.74, 6) is 0. The van der Waals surface area contributed by atoms with Gasteiger partial charge in [0.2, 0.25) is 11.3 Å². The highest BCUT2D eigenvalue weighted by Gasteiger charge is 1.92. The Bertz CT molecular complexity index is 73.3. The second kappa shape index (κ2) is 3.12. The van der Waals surface area contributed by atoms with E-state index in [0.717, 1.165) is 0 Å². The highest BCUT2D eigenvalue weighted by atomic mass is 32.2. The fourth-order valence-corrected chi connectivity index (χ4v) is 0.605. The van der Waals surface area contributed by atoms with Gasteiger partial charge in [0, 0.05) is 6.04 Å². The van der Waals surface area contributed by atoms with E-state index in [0.29, 0.717) is 0 Å². The van der Waals surface area contributed by atoms with Gasteiger partial charge >= 0.3 is 0 Å². The third-order valence-corrected chi connectivity index (χ3v) is 1.01. The Morgan fingerprint density at radius 2 is 2.14 bits per heavy atom. The van der Waals surface area contributed by atoms with Gasteiger partial charge in [-0.15, -0.1) is 0 Å². The molecule has 0 saturated heterocycles. The smallest absolute Gasteiger partial charge is 0.231 e. The van der Waals surface area contributed by atoms with Gasteiger partial charge in [0.25, 0.3) is 0 Å². The van der Waals surface area contributed by atoms with Crippen LogP contribution in [-0.4, -0.2) is 14.8 Å². The van der Waals surface area contributed by atoms with Gasteiger partial charge in [0.05, 0.1) is 0 Å². The van der Waals surface area contributed by atoms with Crippen molar-refractivity contribution in [2.24, 2.45) is 0 Å². The number of nitrogens with one attached hydrogen (secondary N) is 1. The summed E-state index contributed by atoms with van der Waals surface area (Å²) in [5, 5.41) is 0. The predicted molar refractivity (Wildman–Crippen MR) is 29.0 cm³/mol. The van der Waals surface area contributed by atoms with Crippen molar-refractivity contribution in [3.63, 3.8) is 0 Å². The van der Waals surface area contributed by atoms with Crippen LogP contribution in [-0.2, 0) is 11.3 Å². The summed E-state index contributed by atoms with van der Waals surface area (Å²) in [6.45, 7) is 3.60. The second-order valence-electron chi connectivity index (χ2n) is 1.52. The molecule has 0 spiro atoms. The molecule has 1 unspecified atom stereocenters. The molecule has 0 rings (SSSR count). The zero-order chi connectivity index (χ0) is 5.86. The Balaban J connectivity index is 3.13. The Labute approximate surface area is 45.5 Å². The monoisotopic (exact) mass is 123 g/mol. The van der Waals surface area contributed by atoms with Crippen molar-refractivity contribution < 1.29 is 8.76 Å². The first kappa shape index (κ1) is 7.07. The van der Waals surface area contributed by atoms with E-state index >= 15 is 0 Å². The molecule has 0 aliphatic rings. The van der Waals surface area contributed by atoms with Crippen molar-refractivity contribution in [2.75, 3.05) is 0 Å². The molecule has 0 aromatic carbocycles. The topological polar surface area (TPSA) is 49.3 Å². The van der Waals surface area contributed by atoms with E-state index in [1.165, 1.54) is 0 Å². The average molecular weight is 123 g/mol. The fraction of sp³-hybridized carbons (Fsp3) is 1.00. The summed E-state index contributed by atoms with van der Waals surface area (Å²) in [4.78, 5) is 0. The molecule has 2 N–H and O–H groups in total. The zero-order valence-electron chi connectivity index (χ0n) is 4.34. The van der Waals surface area contributed by atoms with Crippen molar-refractivity contribution in [3.8, 4) is 0 Å². The van der Waals surface area contributed by atoms with Crippen LogP contribution in [0.25, 0.3) is 0 Å². The minimum absolute atomic E-state index is 0.0748. The van der Waals surface area contributed by atoms with Crippen LogP contribution in [0.15, 0.2) is 0 Å². The molecule has 0 fully saturated rings. The van der Waals surface area contributed by atoms with Gasteiger partial charge in [-0.3, -0.25) is 4.55 Å². The van der Waals surface area contributed by atoms with Crippen molar-refractivity contribution in [1.82, 2.24) is 4.72 Å². The van der Waals surface area contributed by atoms with E-state index in [9.17, 15) is 4.21 Å². The molecular weight excluding hydrogens is 114 g/mol. The Morgan fingerprint density at radius 3 is 2.14 bits per heavy atom. The molecular formula is C3H9NO2S. The number of hydrogen-bond acceptors (Lipinski definition) is 1. The maximum Gasteiger partial charge on any atom is 0.231 e. The van der Waals surface area contributed by atoms with E-state index in [1.807, 2.05) is 0 Å². The van der Waals surface area contributed by atoms with Crippen LogP contribution in [0.4, 0.5) is 0 Å². The number of hydrogen-bond donors (Lipinski definition) is 2. The SMILES string of the molecule is CC(C)NS(=O)O. The van der Waals surface area contributed by atoms with Crippen molar-refractivity contribution in [3.05, 3.63) is 0 Å². The molecule has 3 nitrogen and oxygen atoms in total. The van der Waals surface area contributed by atoms with Crippen LogP contribution >= 0.6 is 0 Å². The minimum Gasteiger partial charge on any atom is -0.294 e. The van der Waals surface area contributed by atoms with E-state index in [2.05, 4.69) is 4.72 Å². The Hall–Kier alpha value is 0.0700. The number of rotatable bonds is 2. The summed E-state index contributed by atoms with van der Waals surface area (Å²) < 4.78 is 20.2. The molecule has 0 saturated carbocycles. The summed E-state index contributed by atoms with van der Waals surface area (Å²) in [6, 6.07) is 0.0748. The summed E-state index contributed by atoms with van der Waals surface area (Å²) in [6.07, 6.45) is 0. The van der Waals surface area contributed by atoms with Gasteiger partial charge in [-0.05, 0) is 13.8 Å². The van der Waals surface area contributed by atoms with E-state index in [-0.39, 0.29) is 6.04 Å². The fourth-order valence-electron chi connectivity index (χ4n) is 0.202. The van der Waals surface area contributed by atoms with E-state index < -0.39 is 11.3 Å². The Morgan fingerprint density at radius 1 is 1.71 bits per heavy atom. The van der Waals surface area contributed by atoms with Crippen molar-refractivity contribution in [2.45, 2.75) is 19.9 Å². The summed E-state index contributed by atoms with van der Waals surface area (Å²) >= 11 is -1.85. The third-order valence-electron chi connectivity index (χ3n) is 0.337. The van der Waals surface area contributed by atoms with E-state index in [4.69, 9.17) is 4.55 Å². The van der Waals surface area contributed by atoms with Crippen molar-refractivity contribution >= 4 is 11.3 Å². The van der Waals surface area contributed by atoms with Gasteiger partial charge in [-0.25, -0.2) is 8.93 Å². The lowest BCUT2D eigenvalue weighted by Gasteiger charge is -1.99. The van der Waals surface area contributed by atoms with Crippen LogP contribution in [0.3, 0.4) is 0 Å². The molecule has 44 valence electrons. The minimum atomic E-state index is -1.85. The van der Waals surface area contributed by atoms with E-state index in [1.54, 1.807) is 13.8 Å². The standard InChI is InChI=1S/C3H9NO2S/c1-3(2)4-7(5)6/h3-4H,1-2H3,(H,5,6). The lowest BCUT2D eigenvalue weighted by atomic mass is 10.4. The lowest BCUT2D eigenvalue weighted by molar-refractivity contribution is 0.538. The zero-order valence-corrected chi connectivity index (χ0v) is 5.16. The molecule has 0 amide bonds. The maximum absolute atomic E-state index is 9.81. The predicted octanol–water partition coefficient (Wildman–Crippen LogP) is 0.121. The second-order valence-corrected chi connectivity index (χ2v) is 2.26. The average Bonchev–Trinajstić information content (AvgIpc) is 1.27. The van der Waals surface area contributed by atoms with Crippen LogP contribution in [0.1, 0.15) is 13.8 Å². The van der Waals surface area contributed by atoms with Gasteiger partial charge < -0.3 is 0 Å². The quantitative estimate of drug-likeness (QED) is 0.512. The lowest BCUT2D eigenvalue weighted by Crippen LogP contribution is -2.23. The van der Waals surface area contributed by atoms with Gasteiger partial charge in [0.15, 0.2) is 0 Å². The molecule has 1 atom stereocenters. The molecule has 7 heavy (non-hydrogen) atoms. The normalized spacial score (nSPS) is 14.9. The first-order chi connectivity index (χ1) is 3.13. The van der Waals surface area contributed by atoms with Crippen LogP contribution < -0.4 is 4.72 Å². The summed E-state index contributed by atoms with van der Waals surface area (Å²) in [5.41, 5.74) is 0. The van der Waals surface area contributed by atoms with Crippen LogP contribution in [0, 0.1) is 0 Å². The third kappa shape index (κ3) is 6.07.